The maximum atomic E-state index is 5.44. The Morgan fingerprint density at radius 2 is 1.76 bits per heavy atom. The highest BCUT2D eigenvalue weighted by molar-refractivity contribution is 9.10. The zero-order chi connectivity index (χ0) is 15.2. The smallest absolute Gasteiger partial charge is 0.203 e. The summed E-state index contributed by atoms with van der Waals surface area (Å²) in [7, 11) is 4.80. The second-order valence-electron chi connectivity index (χ2n) is 4.21. The van der Waals surface area contributed by atoms with Gasteiger partial charge in [0.25, 0.3) is 0 Å². The van der Waals surface area contributed by atoms with E-state index in [1.807, 2.05) is 24.3 Å². The topological polar surface area (TPSA) is 52.6 Å². The minimum Gasteiger partial charge on any atom is -0.493 e. The quantitative estimate of drug-likeness (QED) is 0.862. The number of hydrogen-bond donors (Lipinski definition) is 1. The lowest BCUT2D eigenvalue weighted by Crippen LogP contribution is -2.05. The third-order valence-electron chi connectivity index (χ3n) is 2.97. The maximum Gasteiger partial charge on any atom is 0.203 e. The molecule has 0 spiro atoms. The molecule has 0 fully saturated rings. The molecule has 0 bridgehead atoms. The highest BCUT2D eigenvalue weighted by atomic mass is 79.9. The molecule has 2 rings (SSSR count). The third-order valence-corrected chi connectivity index (χ3v) is 3.44. The van der Waals surface area contributed by atoms with E-state index in [-0.39, 0.29) is 0 Å². The van der Waals surface area contributed by atoms with Crippen molar-refractivity contribution in [3.8, 4) is 17.2 Å². The fourth-order valence-electron chi connectivity index (χ4n) is 1.97. The van der Waals surface area contributed by atoms with Crippen molar-refractivity contribution in [2.45, 2.75) is 6.54 Å². The number of hydrogen-bond acceptors (Lipinski definition) is 5. The lowest BCUT2D eigenvalue weighted by atomic mass is 10.1. The first-order chi connectivity index (χ1) is 10.2. The summed E-state index contributed by atoms with van der Waals surface area (Å²) in [6.45, 7) is 0.568. The molecule has 5 nitrogen and oxygen atoms in total. The molecule has 0 aliphatic rings. The van der Waals surface area contributed by atoms with Gasteiger partial charge in [-0.3, -0.25) is 0 Å². The van der Waals surface area contributed by atoms with Gasteiger partial charge in [0.05, 0.1) is 21.3 Å². The Bertz CT molecular complexity index is 603. The van der Waals surface area contributed by atoms with E-state index in [4.69, 9.17) is 14.2 Å². The van der Waals surface area contributed by atoms with Crippen LogP contribution in [0, 0.1) is 0 Å². The molecule has 0 saturated heterocycles. The fourth-order valence-corrected chi connectivity index (χ4v) is 2.20. The number of aromatic nitrogens is 1. The van der Waals surface area contributed by atoms with Gasteiger partial charge in [0.1, 0.15) is 5.82 Å². The lowest BCUT2D eigenvalue weighted by Gasteiger charge is -2.16. The Hall–Kier alpha value is -1.95. The minimum atomic E-state index is 0.568. The average molecular weight is 353 g/mol. The fraction of sp³-hybridized carbons (Fsp3) is 0.267. The number of nitrogens with zero attached hydrogens (tertiary/aromatic N) is 1. The molecule has 0 aliphatic carbocycles. The Balaban J connectivity index is 2.21. The number of methoxy groups -OCH3 is 3. The van der Waals surface area contributed by atoms with Gasteiger partial charge in [0.2, 0.25) is 5.75 Å². The summed E-state index contributed by atoms with van der Waals surface area (Å²) in [6.07, 6.45) is 1.74. The first-order valence-corrected chi connectivity index (χ1v) is 7.12. The molecule has 1 N–H and O–H groups in total. The maximum absolute atomic E-state index is 5.44. The van der Waals surface area contributed by atoms with Crippen LogP contribution in [0.5, 0.6) is 17.2 Å². The van der Waals surface area contributed by atoms with Crippen molar-refractivity contribution < 1.29 is 14.2 Å². The van der Waals surface area contributed by atoms with Crippen LogP contribution in [0.2, 0.25) is 0 Å². The summed E-state index contributed by atoms with van der Waals surface area (Å²) in [4.78, 5) is 4.27. The van der Waals surface area contributed by atoms with Gasteiger partial charge in [0.15, 0.2) is 11.5 Å². The van der Waals surface area contributed by atoms with Crippen molar-refractivity contribution in [2.75, 3.05) is 26.6 Å². The van der Waals surface area contributed by atoms with E-state index in [2.05, 4.69) is 26.2 Å². The van der Waals surface area contributed by atoms with Gasteiger partial charge < -0.3 is 19.5 Å². The molecule has 0 saturated carbocycles. The van der Waals surface area contributed by atoms with Crippen LogP contribution in [-0.4, -0.2) is 26.3 Å². The van der Waals surface area contributed by atoms with E-state index in [1.54, 1.807) is 27.5 Å². The molecule has 0 atom stereocenters. The average Bonchev–Trinajstić information content (AvgIpc) is 2.53. The molecule has 2 aromatic rings. The molecule has 0 unspecified atom stereocenters. The van der Waals surface area contributed by atoms with Crippen molar-refractivity contribution in [3.05, 3.63) is 40.5 Å². The Labute approximate surface area is 132 Å². The van der Waals surface area contributed by atoms with Crippen LogP contribution in [0.3, 0.4) is 0 Å². The predicted molar refractivity (Wildman–Crippen MR) is 85.4 cm³/mol. The summed E-state index contributed by atoms with van der Waals surface area (Å²) in [5.41, 5.74) is 0.958. The standard InChI is InChI=1S/C15H17BrN2O3/c1-19-12-6-4-10(14(20-2)15(12)21-3)8-17-13-7-5-11(16)9-18-13/h4-7,9H,8H2,1-3H3,(H,17,18). The molecular formula is C15H17BrN2O3. The van der Waals surface area contributed by atoms with E-state index >= 15 is 0 Å². The highest BCUT2D eigenvalue weighted by Crippen LogP contribution is 2.39. The molecule has 0 aliphatic heterocycles. The van der Waals surface area contributed by atoms with Crippen LogP contribution >= 0.6 is 15.9 Å². The molecule has 0 radical (unpaired) electrons. The van der Waals surface area contributed by atoms with Crippen molar-refractivity contribution in [3.63, 3.8) is 0 Å². The molecule has 6 heteroatoms. The van der Waals surface area contributed by atoms with Crippen LogP contribution in [0.4, 0.5) is 5.82 Å². The second-order valence-corrected chi connectivity index (χ2v) is 5.12. The van der Waals surface area contributed by atoms with Crippen LogP contribution in [0.15, 0.2) is 34.9 Å². The zero-order valence-electron chi connectivity index (χ0n) is 12.1. The van der Waals surface area contributed by atoms with Gasteiger partial charge >= 0.3 is 0 Å². The summed E-state index contributed by atoms with van der Waals surface area (Å²) in [5.74, 6) is 2.67. The number of ether oxygens (including phenoxy) is 3. The van der Waals surface area contributed by atoms with Crippen LogP contribution < -0.4 is 19.5 Å². The number of pyridine rings is 1. The van der Waals surface area contributed by atoms with Crippen molar-refractivity contribution in [1.82, 2.24) is 4.98 Å². The molecule has 112 valence electrons. The van der Waals surface area contributed by atoms with Crippen molar-refractivity contribution in [1.29, 1.82) is 0 Å². The van der Waals surface area contributed by atoms with Gasteiger partial charge in [-0.2, -0.15) is 0 Å². The van der Waals surface area contributed by atoms with Gasteiger partial charge in [0, 0.05) is 22.8 Å². The number of halogens is 1. The minimum absolute atomic E-state index is 0.568. The largest absolute Gasteiger partial charge is 0.493 e. The van der Waals surface area contributed by atoms with E-state index in [1.165, 1.54) is 0 Å². The predicted octanol–water partition coefficient (Wildman–Crippen LogP) is 3.48. The molecule has 1 heterocycles. The van der Waals surface area contributed by atoms with Crippen LogP contribution in [-0.2, 0) is 6.54 Å². The van der Waals surface area contributed by atoms with E-state index in [0.717, 1.165) is 15.9 Å². The number of anilines is 1. The lowest BCUT2D eigenvalue weighted by molar-refractivity contribution is 0.322. The van der Waals surface area contributed by atoms with Crippen molar-refractivity contribution in [2.24, 2.45) is 0 Å². The first kappa shape index (κ1) is 15.4. The summed E-state index contributed by atoms with van der Waals surface area (Å²) < 4.78 is 17.0. The summed E-state index contributed by atoms with van der Waals surface area (Å²) >= 11 is 3.36. The van der Waals surface area contributed by atoms with Gasteiger partial charge in [-0.25, -0.2) is 4.98 Å². The monoisotopic (exact) mass is 352 g/mol. The second kappa shape index (κ2) is 7.17. The van der Waals surface area contributed by atoms with Gasteiger partial charge in [-0.1, -0.05) is 0 Å². The number of rotatable bonds is 6. The number of benzene rings is 1. The SMILES string of the molecule is COc1ccc(CNc2ccc(Br)cn2)c(OC)c1OC. The molecule has 21 heavy (non-hydrogen) atoms. The normalized spacial score (nSPS) is 10.1. The number of nitrogens with one attached hydrogen (secondary N) is 1. The summed E-state index contributed by atoms with van der Waals surface area (Å²) in [6, 6.07) is 7.62. The molecular weight excluding hydrogens is 336 g/mol. The summed E-state index contributed by atoms with van der Waals surface area (Å²) in [5, 5.41) is 3.24. The third kappa shape index (κ3) is 3.58. The highest BCUT2D eigenvalue weighted by Gasteiger charge is 2.15. The van der Waals surface area contributed by atoms with Crippen LogP contribution in [0.1, 0.15) is 5.56 Å². The van der Waals surface area contributed by atoms with Gasteiger partial charge in [-0.05, 0) is 40.2 Å². The van der Waals surface area contributed by atoms with Crippen molar-refractivity contribution >= 4 is 21.7 Å². The molecule has 0 amide bonds. The molecule has 1 aromatic carbocycles. The Kier molecular flexibility index (Phi) is 5.27. The first-order valence-electron chi connectivity index (χ1n) is 6.33. The molecule has 1 aromatic heterocycles. The van der Waals surface area contributed by atoms with E-state index in [9.17, 15) is 0 Å². The van der Waals surface area contributed by atoms with Gasteiger partial charge in [-0.15, -0.1) is 0 Å². The Morgan fingerprint density at radius 1 is 1.00 bits per heavy atom. The van der Waals surface area contributed by atoms with Crippen LogP contribution in [0.25, 0.3) is 0 Å². The Morgan fingerprint density at radius 3 is 2.33 bits per heavy atom. The zero-order valence-corrected chi connectivity index (χ0v) is 13.7. The van der Waals surface area contributed by atoms with E-state index in [0.29, 0.717) is 23.8 Å². The van der Waals surface area contributed by atoms with E-state index < -0.39 is 0 Å².